The number of benzene rings is 1. The highest BCUT2D eigenvalue weighted by atomic mass is 16.5. The minimum Gasteiger partial charge on any atom is -0.493 e. The van der Waals surface area contributed by atoms with Crippen LogP contribution in [0.1, 0.15) is 42.5 Å². The average molecular weight is 292 g/mol. The van der Waals surface area contributed by atoms with Crippen LogP contribution < -0.4 is 20.5 Å². The molecule has 0 atom stereocenters. The van der Waals surface area contributed by atoms with Crippen LogP contribution >= 0.6 is 0 Å². The number of carbonyl (C=O) groups is 1. The Hall–Kier alpha value is -1.75. The molecular weight excluding hydrogens is 268 g/mol. The van der Waals surface area contributed by atoms with Gasteiger partial charge in [-0.1, -0.05) is 25.3 Å². The first kappa shape index (κ1) is 15.6. The standard InChI is InChI=1S/C16H24N2O3/c1-20-13-8-6-7-12(14(13)21-2)15(19)18-11-16(17)9-4-3-5-10-16/h6-8H,3-5,9-11,17H2,1-2H3,(H,18,19). The molecule has 5 heteroatoms. The number of rotatable bonds is 5. The van der Waals surface area contributed by atoms with Crippen molar-refractivity contribution in [2.45, 2.75) is 37.6 Å². The summed E-state index contributed by atoms with van der Waals surface area (Å²) in [7, 11) is 3.08. The van der Waals surface area contributed by atoms with E-state index in [1.54, 1.807) is 25.3 Å². The topological polar surface area (TPSA) is 73.6 Å². The summed E-state index contributed by atoms with van der Waals surface area (Å²) in [6.45, 7) is 0.492. The minimum atomic E-state index is -0.278. The summed E-state index contributed by atoms with van der Waals surface area (Å²) in [6.07, 6.45) is 5.42. The van der Waals surface area contributed by atoms with E-state index in [2.05, 4.69) is 5.32 Å². The van der Waals surface area contributed by atoms with E-state index >= 15 is 0 Å². The maximum Gasteiger partial charge on any atom is 0.255 e. The fraction of sp³-hybridized carbons (Fsp3) is 0.562. The number of carbonyl (C=O) groups excluding carboxylic acids is 1. The lowest BCUT2D eigenvalue weighted by Gasteiger charge is -2.33. The van der Waals surface area contributed by atoms with E-state index in [-0.39, 0.29) is 11.4 Å². The van der Waals surface area contributed by atoms with Gasteiger partial charge >= 0.3 is 0 Å². The van der Waals surface area contributed by atoms with Crippen molar-refractivity contribution >= 4 is 5.91 Å². The molecular formula is C16H24N2O3. The Morgan fingerprint density at radius 3 is 2.57 bits per heavy atom. The zero-order chi connectivity index (χ0) is 15.3. The lowest BCUT2D eigenvalue weighted by molar-refractivity contribution is 0.0934. The number of methoxy groups -OCH3 is 2. The molecule has 3 N–H and O–H groups in total. The Balaban J connectivity index is 2.06. The summed E-state index contributed by atoms with van der Waals surface area (Å²) in [5.74, 6) is 0.818. The van der Waals surface area contributed by atoms with E-state index in [1.165, 1.54) is 13.5 Å². The van der Waals surface area contributed by atoms with Crippen LogP contribution in [0.3, 0.4) is 0 Å². The highest BCUT2D eigenvalue weighted by Gasteiger charge is 2.28. The first-order valence-corrected chi connectivity index (χ1v) is 7.38. The molecule has 1 aromatic carbocycles. The van der Waals surface area contributed by atoms with Crippen LogP contribution in [-0.2, 0) is 0 Å². The predicted octanol–water partition coefficient (Wildman–Crippen LogP) is 2.10. The maximum atomic E-state index is 12.4. The van der Waals surface area contributed by atoms with Gasteiger partial charge in [0.1, 0.15) is 0 Å². The van der Waals surface area contributed by atoms with Crippen LogP contribution in [0.5, 0.6) is 11.5 Å². The molecule has 0 radical (unpaired) electrons. The van der Waals surface area contributed by atoms with Crippen molar-refractivity contribution < 1.29 is 14.3 Å². The SMILES string of the molecule is COc1cccc(C(=O)NCC2(N)CCCCC2)c1OC. The van der Waals surface area contributed by atoms with Gasteiger partial charge in [-0.2, -0.15) is 0 Å². The summed E-state index contributed by atoms with van der Waals surface area (Å²) in [5, 5.41) is 2.94. The Bertz CT molecular complexity index is 496. The molecule has 0 aliphatic heterocycles. The summed E-state index contributed by atoms with van der Waals surface area (Å²) in [5.41, 5.74) is 6.53. The Kier molecular flexibility index (Phi) is 5.07. The normalized spacial score (nSPS) is 17.1. The molecule has 0 bridgehead atoms. The number of para-hydroxylation sites is 1. The molecule has 1 aliphatic carbocycles. The van der Waals surface area contributed by atoms with E-state index in [1.807, 2.05) is 0 Å². The van der Waals surface area contributed by atoms with Crippen LogP contribution in [0.15, 0.2) is 18.2 Å². The van der Waals surface area contributed by atoms with Crippen LogP contribution in [0.4, 0.5) is 0 Å². The van der Waals surface area contributed by atoms with Gasteiger partial charge in [-0.25, -0.2) is 0 Å². The second kappa shape index (κ2) is 6.80. The molecule has 1 aliphatic rings. The summed E-state index contributed by atoms with van der Waals surface area (Å²) in [6, 6.07) is 5.26. The molecule has 1 amide bonds. The zero-order valence-corrected chi connectivity index (χ0v) is 12.8. The molecule has 0 heterocycles. The number of hydrogen-bond donors (Lipinski definition) is 2. The van der Waals surface area contributed by atoms with Crippen molar-refractivity contribution in [3.8, 4) is 11.5 Å². The largest absolute Gasteiger partial charge is 0.493 e. The molecule has 0 unspecified atom stereocenters. The molecule has 5 nitrogen and oxygen atoms in total. The van der Waals surface area contributed by atoms with E-state index < -0.39 is 0 Å². The van der Waals surface area contributed by atoms with Crippen molar-refractivity contribution in [1.82, 2.24) is 5.32 Å². The highest BCUT2D eigenvalue weighted by Crippen LogP contribution is 2.31. The number of amides is 1. The quantitative estimate of drug-likeness (QED) is 0.871. The summed E-state index contributed by atoms with van der Waals surface area (Å²) >= 11 is 0. The number of nitrogens with two attached hydrogens (primary N) is 1. The Morgan fingerprint density at radius 1 is 1.24 bits per heavy atom. The predicted molar refractivity (Wildman–Crippen MR) is 81.9 cm³/mol. The van der Waals surface area contributed by atoms with Gasteiger partial charge in [-0.15, -0.1) is 0 Å². The molecule has 21 heavy (non-hydrogen) atoms. The smallest absolute Gasteiger partial charge is 0.255 e. The van der Waals surface area contributed by atoms with Crippen molar-refractivity contribution in [2.24, 2.45) is 5.73 Å². The van der Waals surface area contributed by atoms with Gasteiger partial charge < -0.3 is 20.5 Å². The molecule has 116 valence electrons. The lowest BCUT2D eigenvalue weighted by Crippen LogP contribution is -2.51. The second-order valence-electron chi connectivity index (χ2n) is 5.65. The maximum absolute atomic E-state index is 12.4. The second-order valence-corrected chi connectivity index (χ2v) is 5.65. The van der Waals surface area contributed by atoms with Crippen LogP contribution in [-0.4, -0.2) is 32.2 Å². The van der Waals surface area contributed by atoms with Crippen LogP contribution in [0.2, 0.25) is 0 Å². The third kappa shape index (κ3) is 3.67. The van der Waals surface area contributed by atoms with E-state index in [4.69, 9.17) is 15.2 Å². The first-order valence-electron chi connectivity index (χ1n) is 7.38. The Morgan fingerprint density at radius 2 is 1.95 bits per heavy atom. The van der Waals surface area contributed by atoms with E-state index in [0.29, 0.717) is 23.6 Å². The van der Waals surface area contributed by atoms with Gasteiger partial charge in [-0.3, -0.25) is 4.79 Å². The summed E-state index contributed by atoms with van der Waals surface area (Å²) < 4.78 is 10.5. The van der Waals surface area contributed by atoms with Gasteiger partial charge in [0.15, 0.2) is 11.5 Å². The minimum absolute atomic E-state index is 0.179. The van der Waals surface area contributed by atoms with E-state index in [0.717, 1.165) is 25.7 Å². The number of ether oxygens (including phenoxy) is 2. The van der Waals surface area contributed by atoms with Gasteiger partial charge in [0.25, 0.3) is 5.91 Å². The first-order chi connectivity index (χ1) is 10.1. The molecule has 1 fully saturated rings. The van der Waals surface area contributed by atoms with Crippen molar-refractivity contribution in [1.29, 1.82) is 0 Å². The fourth-order valence-corrected chi connectivity index (χ4v) is 2.85. The van der Waals surface area contributed by atoms with Gasteiger partial charge in [-0.05, 0) is 25.0 Å². The molecule has 1 saturated carbocycles. The van der Waals surface area contributed by atoms with Crippen molar-refractivity contribution in [3.05, 3.63) is 23.8 Å². The lowest BCUT2D eigenvalue weighted by atomic mass is 9.82. The average Bonchev–Trinajstić information content (AvgIpc) is 2.52. The number of hydrogen-bond acceptors (Lipinski definition) is 4. The van der Waals surface area contributed by atoms with Gasteiger partial charge in [0.2, 0.25) is 0 Å². The highest BCUT2D eigenvalue weighted by molar-refractivity contribution is 5.97. The monoisotopic (exact) mass is 292 g/mol. The van der Waals surface area contributed by atoms with Crippen molar-refractivity contribution in [2.75, 3.05) is 20.8 Å². The molecule has 2 rings (SSSR count). The third-order valence-corrected chi connectivity index (χ3v) is 4.10. The fourth-order valence-electron chi connectivity index (χ4n) is 2.85. The Labute approximate surface area is 125 Å². The van der Waals surface area contributed by atoms with Gasteiger partial charge in [0, 0.05) is 12.1 Å². The number of nitrogens with one attached hydrogen (secondary N) is 1. The zero-order valence-electron chi connectivity index (χ0n) is 12.8. The molecule has 0 saturated heterocycles. The van der Waals surface area contributed by atoms with Crippen molar-refractivity contribution in [3.63, 3.8) is 0 Å². The summed E-state index contributed by atoms with van der Waals surface area (Å²) in [4.78, 5) is 12.4. The molecule has 0 aromatic heterocycles. The van der Waals surface area contributed by atoms with E-state index in [9.17, 15) is 4.79 Å². The van der Waals surface area contributed by atoms with Crippen LogP contribution in [0, 0.1) is 0 Å². The van der Waals surface area contributed by atoms with Gasteiger partial charge in [0.05, 0.1) is 19.8 Å². The molecule has 1 aromatic rings. The third-order valence-electron chi connectivity index (χ3n) is 4.10. The molecule has 0 spiro atoms. The van der Waals surface area contributed by atoms with Crippen LogP contribution in [0.25, 0.3) is 0 Å².